The minimum Gasteiger partial charge on any atom is -0.356 e. The maximum absolute atomic E-state index is 13.8. The minimum atomic E-state index is -0.383. The summed E-state index contributed by atoms with van der Waals surface area (Å²) in [6, 6.07) is 8.00. The van der Waals surface area contributed by atoms with Gasteiger partial charge in [-0.25, -0.2) is 4.39 Å². The highest BCUT2D eigenvalue weighted by Crippen LogP contribution is 2.17. The zero-order valence-electron chi connectivity index (χ0n) is 16.1. The van der Waals surface area contributed by atoms with Crippen molar-refractivity contribution in [1.29, 1.82) is 0 Å². The summed E-state index contributed by atoms with van der Waals surface area (Å²) in [5.41, 5.74) is 1.70. The van der Waals surface area contributed by atoms with E-state index in [4.69, 9.17) is 0 Å². The van der Waals surface area contributed by atoms with Gasteiger partial charge in [0.15, 0.2) is 0 Å². The predicted octanol–water partition coefficient (Wildman–Crippen LogP) is 3.82. The van der Waals surface area contributed by atoms with Crippen LogP contribution in [0.1, 0.15) is 32.6 Å². The summed E-state index contributed by atoms with van der Waals surface area (Å²) in [6.07, 6.45) is 4.80. The molecule has 3 rings (SSSR count). The Morgan fingerprint density at radius 2 is 2.00 bits per heavy atom. The van der Waals surface area contributed by atoms with Crippen LogP contribution in [0, 0.1) is 5.82 Å². The largest absolute Gasteiger partial charge is 0.356 e. The number of carbonyl (C=O) groups excluding carboxylic acids is 1. The molecule has 2 heterocycles. The molecule has 3 aromatic rings. The Kier molecular flexibility index (Phi) is 7.14. The Morgan fingerprint density at radius 1 is 1.14 bits per heavy atom. The van der Waals surface area contributed by atoms with Gasteiger partial charge in [-0.05, 0) is 61.1 Å². The SMILES string of the molecule is CCCSCCCNC(=O)CCCn1c(=O)c2cccn2c2ccc(F)cc21. The minimum absolute atomic E-state index is 0.00668. The van der Waals surface area contributed by atoms with E-state index in [-0.39, 0.29) is 17.3 Å². The monoisotopic (exact) mass is 403 g/mol. The lowest BCUT2D eigenvalue weighted by atomic mass is 10.2. The zero-order chi connectivity index (χ0) is 19.9. The highest BCUT2D eigenvalue weighted by Gasteiger charge is 2.12. The van der Waals surface area contributed by atoms with Crippen molar-refractivity contribution in [2.24, 2.45) is 0 Å². The second-order valence-corrected chi connectivity index (χ2v) is 8.00. The highest BCUT2D eigenvalue weighted by molar-refractivity contribution is 7.99. The summed E-state index contributed by atoms with van der Waals surface area (Å²) in [7, 11) is 0. The molecule has 0 saturated carbocycles. The molecule has 0 aliphatic heterocycles. The number of carbonyl (C=O) groups is 1. The van der Waals surface area contributed by atoms with Crippen molar-refractivity contribution in [2.45, 2.75) is 39.2 Å². The molecule has 2 aromatic heterocycles. The fourth-order valence-corrected chi connectivity index (χ4v) is 4.13. The Bertz CT molecular complexity index is 1010. The second kappa shape index (κ2) is 9.78. The lowest BCUT2D eigenvalue weighted by Gasteiger charge is -2.13. The summed E-state index contributed by atoms with van der Waals surface area (Å²) < 4.78 is 17.1. The summed E-state index contributed by atoms with van der Waals surface area (Å²) >= 11 is 1.90. The van der Waals surface area contributed by atoms with E-state index in [9.17, 15) is 14.0 Å². The van der Waals surface area contributed by atoms with Gasteiger partial charge in [0.2, 0.25) is 5.91 Å². The normalized spacial score (nSPS) is 11.4. The van der Waals surface area contributed by atoms with Crippen LogP contribution >= 0.6 is 11.8 Å². The van der Waals surface area contributed by atoms with Crippen molar-refractivity contribution >= 4 is 34.2 Å². The lowest BCUT2D eigenvalue weighted by Crippen LogP contribution is -2.26. The van der Waals surface area contributed by atoms with Crippen molar-refractivity contribution in [2.75, 3.05) is 18.1 Å². The van der Waals surface area contributed by atoms with Crippen LogP contribution < -0.4 is 10.9 Å². The number of hydrogen-bond donors (Lipinski definition) is 1. The Morgan fingerprint density at radius 3 is 2.82 bits per heavy atom. The van der Waals surface area contributed by atoms with E-state index in [1.807, 2.05) is 11.8 Å². The summed E-state index contributed by atoms with van der Waals surface area (Å²) in [4.78, 5) is 24.8. The van der Waals surface area contributed by atoms with Crippen LogP contribution in [-0.4, -0.2) is 32.9 Å². The van der Waals surface area contributed by atoms with Gasteiger partial charge in [0, 0.05) is 25.7 Å². The average Bonchev–Trinajstić information content (AvgIpc) is 3.17. The third kappa shape index (κ3) is 4.76. The number of nitrogens with zero attached hydrogens (tertiary/aromatic N) is 2. The molecule has 0 saturated heterocycles. The molecule has 0 aliphatic rings. The van der Waals surface area contributed by atoms with Crippen molar-refractivity contribution in [3.05, 3.63) is 52.7 Å². The first kappa shape index (κ1) is 20.5. The maximum Gasteiger partial charge on any atom is 0.275 e. The van der Waals surface area contributed by atoms with E-state index < -0.39 is 0 Å². The number of benzene rings is 1. The first-order valence-electron chi connectivity index (χ1n) is 9.75. The number of thioether (sulfide) groups is 1. The van der Waals surface area contributed by atoms with E-state index in [1.54, 1.807) is 33.4 Å². The van der Waals surface area contributed by atoms with Crippen molar-refractivity contribution < 1.29 is 9.18 Å². The van der Waals surface area contributed by atoms with Crippen LogP contribution in [0.3, 0.4) is 0 Å². The molecule has 0 bridgehead atoms. The van der Waals surface area contributed by atoms with Crippen molar-refractivity contribution in [3.8, 4) is 0 Å². The van der Waals surface area contributed by atoms with Crippen LogP contribution in [0.5, 0.6) is 0 Å². The number of hydrogen-bond acceptors (Lipinski definition) is 3. The molecule has 0 unspecified atom stereocenters. The predicted molar refractivity (Wildman–Crippen MR) is 114 cm³/mol. The Hall–Kier alpha value is -2.28. The molecular weight excluding hydrogens is 377 g/mol. The second-order valence-electron chi connectivity index (χ2n) is 6.77. The molecule has 0 radical (unpaired) electrons. The van der Waals surface area contributed by atoms with Gasteiger partial charge in [0.25, 0.3) is 5.56 Å². The average molecular weight is 404 g/mol. The van der Waals surface area contributed by atoms with E-state index in [0.29, 0.717) is 37.0 Å². The van der Waals surface area contributed by atoms with Gasteiger partial charge < -0.3 is 14.3 Å². The van der Waals surface area contributed by atoms with Gasteiger partial charge >= 0.3 is 0 Å². The molecule has 28 heavy (non-hydrogen) atoms. The molecule has 0 fully saturated rings. The van der Waals surface area contributed by atoms with Crippen LogP contribution in [0.2, 0.25) is 0 Å². The van der Waals surface area contributed by atoms with Gasteiger partial charge in [-0.1, -0.05) is 6.92 Å². The van der Waals surface area contributed by atoms with Gasteiger partial charge in [0.1, 0.15) is 11.3 Å². The molecule has 0 aliphatic carbocycles. The van der Waals surface area contributed by atoms with Crippen molar-refractivity contribution in [3.63, 3.8) is 0 Å². The molecule has 1 amide bonds. The number of rotatable bonds is 10. The van der Waals surface area contributed by atoms with E-state index in [0.717, 1.165) is 23.4 Å². The summed E-state index contributed by atoms with van der Waals surface area (Å²) in [5.74, 6) is 1.82. The number of nitrogens with one attached hydrogen (secondary N) is 1. The highest BCUT2D eigenvalue weighted by atomic mass is 32.2. The summed E-state index contributed by atoms with van der Waals surface area (Å²) in [5, 5.41) is 2.93. The van der Waals surface area contributed by atoms with Gasteiger partial charge in [-0.2, -0.15) is 11.8 Å². The number of aromatic nitrogens is 2. The molecule has 0 atom stereocenters. The Labute approximate surface area is 167 Å². The lowest BCUT2D eigenvalue weighted by molar-refractivity contribution is -0.121. The molecule has 1 N–H and O–H groups in total. The van der Waals surface area contributed by atoms with Gasteiger partial charge in [0.05, 0.1) is 11.0 Å². The molecule has 1 aromatic carbocycles. The molecule has 0 spiro atoms. The fraction of sp³-hybridized carbons (Fsp3) is 0.429. The number of aryl methyl sites for hydroxylation is 1. The first-order valence-corrected chi connectivity index (χ1v) is 10.9. The maximum atomic E-state index is 13.8. The third-order valence-corrected chi connectivity index (χ3v) is 5.90. The topological polar surface area (TPSA) is 55.5 Å². The number of amides is 1. The van der Waals surface area contributed by atoms with Crippen LogP contribution in [0.25, 0.3) is 16.6 Å². The molecular formula is C21H26FN3O2S. The number of fused-ring (bicyclic) bond motifs is 3. The number of halogens is 1. The fourth-order valence-electron chi connectivity index (χ4n) is 3.29. The van der Waals surface area contributed by atoms with Gasteiger partial charge in [-0.3, -0.25) is 9.59 Å². The standard InChI is InChI=1S/C21H26FN3O2S/c1-2-13-28-14-5-10-23-20(26)7-4-12-25-19-15-16(22)8-9-17(19)24-11-3-6-18(24)21(25)27/h3,6,8-9,11,15H,2,4-5,7,10,12-14H2,1H3,(H,23,26). The zero-order valence-corrected chi connectivity index (χ0v) is 16.9. The van der Waals surface area contributed by atoms with Crippen LogP contribution in [0.15, 0.2) is 41.3 Å². The van der Waals surface area contributed by atoms with E-state index in [2.05, 4.69) is 12.2 Å². The van der Waals surface area contributed by atoms with Crippen LogP contribution in [0.4, 0.5) is 4.39 Å². The molecule has 150 valence electrons. The summed E-state index contributed by atoms with van der Waals surface area (Å²) in [6.45, 7) is 3.21. The molecule has 5 nitrogen and oxygen atoms in total. The first-order chi connectivity index (χ1) is 13.6. The Balaban J connectivity index is 1.62. The molecule has 7 heteroatoms. The van der Waals surface area contributed by atoms with Crippen LogP contribution in [-0.2, 0) is 11.3 Å². The van der Waals surface area contributed by atoms with E-state index in [1.165, 1.54) is 18.6 Å². The third-order valence-electron chi connectivity index (χ3n) is 4.62. The van der Waals surface area contributed by atoms with Crippen molar-refractivity contribution in [1.82, 2.24) is 14.3 Å². The quantitative estimate of drug-likeness (QED) is 0.524. The smallest absolute Gasteiger partial charge is 0.275 e. The van der Waals surface area contributed by atoms with E-state index >= 15 is 0 Å². The van der Waals surface area contributed by atoms with Gasteiger partial charge in [-0.15, -0.1) is 0 Å².